The molecule has 0 bridgehead atoms. The minimum absolute atomic E-state index is 0.220. The number of anilines is 1. The van der Waals surface area contributed by atoms with E-state index in [-0.39, 0.29) is 6.61 Å². The highest BCUT2D eigenvalue weighted by molar-refractivity contribution is 7.13. The van der Waals surface area contributed by atoms with Crippen LogP contribution in [0.1, 0.15) is 21.6 Å². The van der Waals surface area contributed by atoms with Crippen molar-refractivity contribution in [3.05, 3.63) is 88.9 Å². The topological polar surface area (TPSA) is 51.2 Å². The predicted molar refractivity (Wildman–Crippen MR) is 102 cm³/mol. The number of nitrogens with one attached hydrogen (secondary N) is 1. The Labute approximate surface area is 150 Å². The predicted octanol–water partition coefficient (Wildman–Crippen LogP) is 4.63. The first-order valence-electron chi connectivity index (χ1n) is 7.93. The van der Waals surface area contributed by atoms with Gasteiger partial charge in [0.15, 0.2) is 10.8 Å². The highest BCUT2D eigenvalue weighted by Crippen LogP contribution is 2.17. The number of ether oxygens (including phenoxy) is 1. The van der Waals surface area contributed by atoms with Gasteiger partial charge in [-0.3, -0.25) is 0 Å². The van der Waals surface area contributed by atoms with Crippen LogP contribution < -0.4 is 5.32 Å². The number of esters is 1. The SMILES string of the molecule is O=C(OC/C=C/c1ccccc1)c1csc(NCc2ccccc2)n1. The van der Waals surface area contributed by atoms with Gasteiger partial charge in [0.2, 0.25) is 0 Å². The molecule has 0 radical (unpaired) electrons. The molecule has 0 aliphatic heterocycles. The van der Waals surface area contributed by atoms with Crippen LogP contribution in [0, 0.1) is 0 Å². The first kappa shape index (κ1) is 16.9. The highest BCUT2D eigenvalue weighted by Gasteiger charge is 2.11. The van der Waals surface area contributed by atoms with Crippen molar-refractivity contribution >= 4 is 28.5 Å². The van der Waals surface area contributed by atoms with Gasteiger partial charge in [-0.1, -0.05) is 66.7 Å². The van der Waals surface area contributed by atoms with Gasteiger partial charge in [0.1, 0.15) is 6.61 Å². The van der Waals surface area contributed by atoms with Crippen LogP contribution in [0.25, 0.3) is 6.08 Å². The number of hydrogen-bond acceptors (Lipinski definition) is 5. The third-order valence-electron chi connectivity index (χ3n) is 3.42. The van der Waals surface area contributed by atoms with Gasteiger partial charge in [0, 0.05) is 11.9 Å². The molecule has 3 rings (SSSR count). The van der Waals surface area contributed by atoms with Crippen molar-refractivity contribution in [2.24, 2.45) is 0 Å². The lowest BCUT2D eigenvalue weighted by Gasteiger charge is -2.02. The average Bonchev–Trinajstić information content (AvgIpc) is 3.14. The van der Waals surface area contributed by atoms with Crippen LogP contribution in [0.2, 0.25) is 0 Å². The molecule has 5 heteroatoms. The summed E-state index contributed by atoms with van der Waals surface area (Å²) in [5.74, 6) is -0.415. The summed E-state index contributed by atoms with van der Waals surface area (Å²) in [5.41, 5.74) is 2.56. The van der Waals surface area contributed by atoms with Crippen LogP contribution in [0.3, 0.4) is 0 Å². The molecule has 0 fully saturated rings. The van der Waals surface area contributed by atoms with Crippen LogP contribution in [0.4, 0.5) is 5.13 Å². The number of rotatable bonds is 7. The zero-order valence-electron chi connectivity index (χ0n) is 13.6. The lowest BCUT2D eigenvalue weighted by Crippen LogP contribution is -2.06. The van der Waals surface area contributed by atoms with Gasteiger partial charge in [0.05, 0.1) is 0 Å². The van der Waals surface area contributed by atoms with Crippen LogP contribution in [0.5, 0.6) is 0 Å². The standard InChI is InChI=1S/C20H18N2O2S/c23-19(24-13-7-12-16-8-3-1-4-9-16)18-15-25-20(22-18)21-14-17-10-5-2-6-11-17/h1-12,15H,13-14H2,(H,21,22)/b12-7+. The molecule has 0 atom stereocenters. The largest absolute Gasteiger partial charge is 0.457 e. The highest BCUT2D eigenvalue weighted by atomic mass is 32.1. The fraction of sp³-hybridized carbons (Fsp3) is 0.100. The molecular weight excluding hydrogens is 332 g/mol. The summed E-state index contributed by atoms with van der Waals surface area (Å²) in [5, 5.41) is 5.62. The molecule has 0 spiro atoms. The molecular formula is C20H18N2O2S. The van der Waals surface area contributed by atoms with E-state index in [1.165, 1.54) is 11.3 Å². The fourth-order valence-electron chi connectivity index (χ4n) is 2.17. The van der Waals surface area contributed by atoms with E-state index in [0.717, 1.165) is 11.1 Å². The molecule has 0 saturated heterocycles. The molecule has 25 heavy (non-hydrogen) atoms. The van der Waals surface area contributed by atoms with Crippen LogP contribution >= 0.6 is 11.3 Å². The Morgan fingerprint density at radius 1 is 1.08 bits per heavy atom. The van der Waals surface area contributed by atoms with E-state index in [1.54, 1.807) is 5.38 Å². The van der Waals surface area contributed by atoms with Gasteiger partial charge >= 0.3 is 5.97 Å². The normalized spacial score (nSPS) is 10.7. The quantitative estimate of drug-likeness (QED) is 0.632. The van der Waals surface area contributed by atoms with Crippen molar-refractivity contribution < 1.29 is 9.53 Å². The van der Waals surface area contributed by atoms with Crippen LogP contribution in [-0.4, -0.2) is 17.6 Å². The Morgan fingerprint density at radius 2 is 1.80 bits per heavy atom. The van der Waals surface area contributed by atoms with E-state index >= 15 is 0 Å². The van der Waals surface area contributed by atoms with Crippen molar-refractivity contribution in [2.45, 2.75) is 6.54 Å². The molecule has 0 aliphatic rings. The molecule has 0 unspecified atom stereocenters. The molecule has 0 amide bonds. The number of thiazole rings is 1. The summed E-state index contributed by atoms with van der Waals surface area (Å²) in [6, 6.07) is 19.9. The molecule has 4 nitrogen and oxygen atoms in total. The van der Waals surface area contributed by atoms with E-state index in [1.807, 2.05) is 72.8 Å². The van der Waals surface area contributed by atoms with Crippen LogP contribution in [-0.2, 0) is 11.3 Å². The molecule has 1 aromatic heterocycles. The van der Waals surface area contributed by atoms with Crippen molar-refractivity contribution in [3.63, 3.8) is 0 Å². The van der Waals surface area contributed by atoms with Crippen molar-refractivity contribution in [1.82, 2.24) is 4.98 Å². The van der Waals surface area contributed by atoms with Gasteiger partial charge in [-0.05, 0) is 17.2 Å². The summed E-state index contributed by atoms with van der Waals surface area (Å²) >= 11 is 1.39. The molecule has 1 N–H and O–H groups in total. The lowest BCUT2D eigenvalue weighted by atomic mass is 10.2. The zero-order valence-corrected chi connectivity index (χ0v) is 14.4. The minimum atomic E-state index is -0.415. The Kier molecular flexibility index (Phi) is 5.96. The summed E-state index contributed by atoms with van der Waals surface area (Å²) in [7, 11) is 0. The number of aromatic nitrogens is 1. The third-order valence-corrected chi connectivity index (χ3v) is 4.22. The number of carbonyl (C=O) groups excluding carboxylic acids is 1. The zero-order chi connectivity index (χ0) is 17.3. The molecule has 0 aliphatic carbocycles. The van der Waals surface area contributed by atoms with E-state index in [0.29, 0.717) is 17.4 Å². The number of carbonyl (C=O) groups is 1. The third kappa shape index (κ3) is 5.29. The summed E-state index contributed by atoms with van der Waals surface area (Å²) in [6.45, 7) is 0.890. The maximum Gasteiger partial charge on any atom is 0.358 e. The fourth-order valence-corrected chi connectivity index (χ4v) is 2.85. The Hall–Kier alpha value is -2.92. The summed E-state index contributed by atoms with van der Waals surface area (Å²) in [6.07, 6.45) is 3.73. The maximum atomic E-state index is 12.0. The van der Waals surface area contributed by atoms with E-state index in [2.05, 4.69) is 10.3 Å². The summed E-state index contributed by atoms with van der Waals surface area (Å²) < 4.78 is 5.22. The van der Waals surface area contributed by atoms with Gasteiger partial charge in [-0.25, -0.2) is 9.78 Å². The second-order valence-corrected chi connectivity index (χ2v) is 6.15. The number of benzene rings is 2. The Bertz CT molecular complexity index is 829. The van der Waals surface area contributed by atoms with Crippen molar-refractivity contribution in [1.29, 1.82) is 0 Å². The first-order valence-corrected chi connectivity index (χ1v) is 8.81. The molecule has 2 aromatic carbocycles. The molecule has 1 heterocycles. The Morgan fingerprint density at radius 3 is 2.56 bits per heavy atom. The second kappa shape index (κ2) is 8.80. The smallest absolute Gasteiger partial charge is 0.358 e. The van der Waals surface area contributed by atoms with Gasteiger partial charge in [-0.2, -0.15) is 0 Å². The van der Waals surface area contributed by atoms with E-state index < -0.39 is 5.97 Å². The first-order chi connectivity index (χ1) is 12.3. The lowest BCUT2D eigenvalue weighted by molar-refractivity contribution is 0.0544. The number of hydrogen-bond donors (Lipinski definition) is 1. The van der Waals surface area contributed by atoms with Gasteiger partial charge in [0.25, 0.3) is 0 Å². The second-order valence-electron chi connectivity index (χ2n) is 5.29. The Balaban J connectivity index is 1.46. The van der Waals surface area contributed by atoms with Crippen LogP contribution in [0.15, 0.2) is 72.1 Å². The van der Waals surface area contributed by atoms with Gasteiger partial charge < -0.3 is 10.1 Å². The average molecular weight is 350 g/mol. The van der Waals surface area contributed by atoms with Crippen molar-refractivity contribution in [2.75, 3.05) is 11.9 Å². The van der Waals surface area contributed by atoms with E-state index in [4.69, 9.17) is 4.74 Å². The molecule has 126 valence electrons. The van der Waals surface area contributed by atoms with Crippen molar-refractivity contribution in [3.8, 4) is 0 Å². The van der Waals surface area contributed by atoms with E-state index in [9.17, 15) is 4.79 Å². The maximum absolute atomic E-state index is 12.0. The number of nitrogens with zero attached hydrogens (tertiary/aromatic N) is 1. The summed E-state index contributed by atoms with van der Waals surface area (Å²) in [4.78, 5) is 16.3. The minimum Gasteiger partial charge on any atom is -0.457 e. The molecule has 3 aromatic rings. The molecule has 0 saturated carbocycles. The monoisotopic (exact) mass is 350 g/mol. The van der Waals surface area contributed by atoms with Gasteiger partial charge in [-0.15, -0.1) is 11.3 Å².